The summed E-state index contributed by atoms with van der Waals surface area (Å²) in [5.74, 6) is 0.00499. The first-order valence-electron chi connectivity index (χ1n) is 6.33. The fourth-order valence-corrected chi connectivity index (χ4v) is 1.50. The molecule has 1 aromatic carbocycles. The van der Waals surface area contributed by atoms with Crippen LogP contribution in [0.2, 0.25) is 0 Å². The van der Waals surface area contributed by atoms with Crippen molar-refractivity contribution in [3.8, 4) is 5.75 Å². The lowest BCUT2D eigenvalue weighted by atomic mass is 10.1. The van der Waals surface area contributed by atoms with Gasteiger partial charge in [-0.1, -0.05) is 13.3 Å². The molecule has 102 valence electrons. The average Bonchev–Trinajstić information content (AvgIpc) is 2.33. The Morgan fingerprint density at radius 3 is 2.67 bits per heavy atom. The van der Waals surface area contributed by atoms with Gasteiger partial charge in [0.05, 0.1) is 12.7 Å². The fraction of sp³-hybridized carbons (Fsp3) is 0.571. The molecular weight excluding hydrogens is 235 g/mol. The van der Waals surface area contributed by atoms with E-state index in [1.54, 1.807) is 6.07 Å². The van der Waals surface area contributed by atoms with Crippen molar-refractivity contribution >= 4 is 0 Å². The molecule has 0 aliphatic heterocycles. The normalized spacial score (nSPS) is 12.4. The van der Waals surface area contributed by atoms with Gasteiger partial charge in [0.2, 0.25) is 0 Å². The van der Waals surface area contributed by atoms with E-state index in [0.29, 0.717) is 19.0 Å². The highest BCUT2D eigenvalue weighted by Gasteiger charge is 2.08. The quantitative estimate of drug-likeness (QED) is 0.726. The van der Waals surface area contributed by atoms with Gasteiger partial charge in [0.15, 0.2) is 0 Å². The highest BCUT2D eigenvalue weighted by Crippen LogP contribution is 2.21. The maximum absolute atomic E-state index is 13.5. The molecule has 1 unspecified atom stereocenters. The molecule has 1 aromatic rings. The van der Waals surface area contributed by atoms with Gasteiger partial charge in [-0.2, -0.15) is 0 Å². The Hall–Kier alpha value is -1.13. The summed E-state index contributed by atoms with van der Waals surface area (Å²) in [5, 5.41) is 9.29. The van der Waals surface area contributed by atoms with E-state index < -0.39 is 11.9 Å². The molecule has 18 heavy (non-hydrogen) atoms. The highest BCUT2D eigenvalue weighted by molar-refractivity contribution is 5.29. The van der Waals surface area contributed by atoms with Gasteiger partial charge in [-0.05, 0) is 25.5 Å². The van der Waals surface area contributed by atoms with Gasteiger partial charge in [-0.25, -0.2) is 4.39 Å². The molecule has 0 spiro atoms. The molecular formula is C14H21FO3. The van der Waals surface area contributed by atoms with Crippen molar-refractivity contribution < 1.29 is 19.0 Å². The Balaban J connectivity index is 2.33. The smallest absolute Gasteiger partial charge is 0.132 e. The molecule has 1 N–H and O–H groups in total. The highest BCUT2D eigenvalue weighted by atomic mass is 19.1. The van der Waals surface area contributed by atoms with Crippen LogP contribution in [0.3, 0.4) is 0 Å². The van der Waals surface area contributed by atoms with E-state index in [-0.39, 0.29) is 5.56 Å². The standard InChI is InChI=1S/C14H21FO3/c1-3-4-7-17-8-9-18-12-5-6-13(11(2)16)14(15)10-12/h5-6,10-11,16H,3-4,7-9H2,1-2H3. The molecule has 0 aliphatic rings. The molecule has 0 radical (unpaired) electrons. The minimum Gasteiger partial charge on any atom is -0.491 e. The lowest BCUT2D eigenvalue weighted by Crippen LogP contribution is -2.08. The number of halogens is 1. The molecule has 3 nitrogen and oxygen atoms in total. The maximum atomic E-state index is 13.5. The van der Waals surface area contributed by atoms with Crippen molar-refractivity contribution in [3.63, 3.8) is 0 Å². The van der Waals surface area contributed by atoms with Gasteiger partial charge >= 0.3 is 0 Å². The van der Waals surface area contributed by atoms with Gasteiger partial charge in [0, 0.05) is 18.2 Å². The summed E-state index contributed by atoms with van der Waals surface area (Å²) in [4.78, 5) is 0. The van der Waals surface area contributed by atoms with Crippen LogP contribution >= 0.6 is 0 Å². The van der Waals surface area contributed by atoms with Crippen LogP contribution in [0.4, 0.5) is 4.39 Å². The molecule has 1 atom stereocenters. The van der Waals surface area contributed by atoms with Gasteiger partial charge in [-0.3, -0.25) is 0 Å². The van der Waals surface area contributed by atoms with Crippen molar-refractivity contribution in [1.82, 2.24) is 0 Å². The second kappa shape index (κ2) is 8.06. The molecule has 0 bridgehead atoms. The number of aliphatic hydroxyl groups is 1. The summed E-state index contributed by atoms with van der Waals surface area (Å²) in [6.45, 7) is 5.26. The lowest BCUT2D eigenvalue weighted by molar-refractivity contribution is 0.0979. The summed E-state index contributed by atoms with van der Waals surface area (Å²) >= 11 is 0. The summed E-state index contributed by atoms with van der Waals surface area (Å²) < 4.78 is 24.2. The van der Waals surface area contributed by atoms with Gasteiger partial charge in [0.1, 0.15) is 18.2 Å². The maximum Gasteiger partial charge on any atom is 0.132 e. The lowest BCUT2D eigenvalue weighted by Gasteiger charge is -2.10. The number of unbranched alkanes of at least 4 members (excludes halogenated alkanes) is 1. The van der Waals surface area contributed by atoms with Crippen LogP contribution in [-0.2, 0) is 4.74 Å². The van der Waals surface area contributed by atoms with E-state index in [9.17, 15) is 9.50 Å². The molecule has 0 aliphatic carbocycles. The summed E-state index contributed by atoms with van der Waals surface area (Å²) in [7, 11) is 0. The zero-order chi connectivity index (χ0) is 13.4. The third-order valence-corrected chi connectivity index (χ3v) is 2.56. The average molecular weight is 256 g/mol. The molecule has 0 heterocycles. The molecule has 0 amide bonds. The monoisotopic (exact) mass is 256 g/mol. The minimum absolute atomic E-state index is 0.279. The summed E-state index contributed by atoms with van der Waals surface area (Å²) in [6.07, 6.45) is 1.33. The summed E-state index contributed by atoms with van der Waals surface area (Å²) in [5.41, 5.74) is 0.279. The van der Waals surface area contributed by atoms with E-state index in [1.165, 1.54) is 19.1 Å². The molecule has 0 aromatic heterocycles. The van der Waals surface area contributed by atoms with Gasteiger partial charge < -0.3 is 14.6 Å². The third kappa shape index (κ3) is 5.02. The van der Waals surface area contributed by atoms with E-state index in [2.05, 4.69) is 6.92 Å². The van der Waals surface area contributed by atoms with Crippen molar-refractivity contribution in [2.75, 3.05) is 19.8 Å². The van der Waals surface area contributed by atoms with Crippen LogP contribution in [0, 0.1) is 5.82 Å². The molecule has 1 rings (SSSR count). The largest absolute Gasteiger partial charge is 0.491 e. The Labute approximate surface area is 108 Å². The van der Waals surface area contributed by atoms with E-state index in [0.717, 1.165) is 19.4 Å². The third-order valence-electron chi connectivity index (χ3n) is 2.56. The predicted molar refractivity (Wildman–Crippen MR) is 68.3 cm³/mol. The van der Waals surface area contributed by atoms with Gasteiger partial charge in [0.25, 0.3) is 0 Å². The fourth-order valence-electron chi connectivity index (χ4n) is 1.50. The van der Waals surface area contributed by atoms with Crippen LogP contribution in [0.25, 0.3) is 0 Å². The Bertz CT molecular complexity index is 353. The van der Waals surface area contributed by atoms with E-state index >= 15 is 0 Å². The first kappa shape index (κ1) is 14.9. The zero-order valence-corrected chi connectivity index (χ0v) is 11.0. The summed E-state index contributed by atoms with van der Waals surface area (Å²) in [6, 6.07) is 4.47. The van der Waals surface area contributed by atoms with Crippen LogP contribution in [0.1, 0.15) is 38.4 Å². The minimum atomic E-state index is -0.809. The first-order chi connectivity index (χ1) is 8.65. The van der Waals surface area contributed by atoms with Gasteiger partial charge in [-0.15, -0.1) is 0 Å². The number of rotatable bonds is 8. The second-order valence-electron chi connectivity index (χ2n) is 4.17. The molecule has 0 saturated carbocycles. The number of hydrogen-bond acceptors (Lipinski definition) is 3. The number of hydrogen-bond donors (Lipinski definition) is 1. The van der Waals surface area contributed by atoms with Crippen LogP contribution in [0.15, 0.2) is 18.2 Å². The number of ether oxygens (including phenoxy) is 2. The number of benzene rings is 1. The van der Waals surface area contributed by atoms with E-state index in [4.69, 9.17) is 9.47 Å². The number of aliphatic hydroxyl groups excluding tert-OH is 1. The molecule has 0 fully saturated rings. The van der Waals surface area contributed by atoms with Crippen LogP contribution in [0.5, 0.6) is 5.75 Å². The van der Waals surface area contributed by atoms with Crippen LogP contribution in [-0.4, -0.2) is 24.9 Å². The topological polar surface area (TPSA) is 38.7 Å². The SMILES string of the molecule is CCCCOCCOc1ccc(C(C)O)c(F)c1. The van der Waals surface area contributed by atoms with Crippen molar-refractivity contribution in [2.45, 2.75) is 32.8 Å². The Morgan fingerprint density at radius 2 is 2.06 bits per heavy atom. The first-order valence-corrected chi connectivity index (χ1v) is 6.33. The Morgan fingerprint density at radius 1 is 1.28 bits per heavy atom. The molecule has 0 saturated heterocycles. The van der Waals surface area contributed by atoms with Crippen LogP contribution < -0.4 is 4.74 Å². The zero-order valence-electron chi connectivity index (χ0n) is 11.0. The second-order valence-corrected chi connectivity index (χ2v) is 4.17. The van der Waals surface area contributed by atoms with Crippen molar-refractivity contribution in [3.05, 3.63) is 29.6 Å². The predicted octanol–water partition coefficient (Wildman–Crippen LogP) is 3.07. The molecule has 4 heteroatoms. The van der Waals surface area contributed by atoms with Crippen molar-refractivity contribution in [2.24, 2.45) is 0 Å². The van der Waals surface area contributed by atoms with E-state index in [1.807, 2.05) is 0 Å². The van der Waals surface area contributed by atoms with Crippen molar-refractivity contribution in [1.29, 1.82) is 0 Å². The Kier molecular flexibility index (Phi) is 6.68.